The number of fused-ring (bicyclic) bond motifs is 2. The molecule has 0 aliphatic carbocycles. The lowest BCUT2D eigenvalue weighted by molar-refractivity contribution is -0.116. The van der Waals surface area contributed by atoms with Gasteiger partial charge in [-0.05, 0) is 43.7 Å². The number of carbonyl (C=O) groups is 3. The van der Waals surface area contributed by atoms with Gasteiger partial charge in [0.1, 0.15) is 0 Å². The van der Waals surface area contributed by atoms with Gasteiger partial charge < -0.3 is 4.57 Å². The summed E-state index contributed by atoms with van der Waals surface area (Å²) in [5.41, 5.74) is 3.32. The molecule has 3 aromatic rings. The normalized spacial score (nSPS) is 13.3. The van der Waals surface area contributed by atoms with E-state index >= 15 is 0 Å². The maximum atomic E-state index is 12.5. The van der Waals surface area contributed by atoms with Crippen LogP contribution in [0.1, 0.15) is 39.1 Å². The van der Waals surface area contributed by atoms with Gasteiger partial charge in [0.25, 0.3) is 11.8 Å². The number of halogens is 1. The summed E-state index contributed by atoms with van der Waals surface area (Å²) in [6.45, 7) is 2.07. The van der Waals surface area contributed by atoms with Crippen LogP contribution in [0.15, 0.2) is 36.4 Å². The molecule has 3 amide bonds. The minimum Gasteiger partial charge on any atom is -0.313 e. The molecule has 2 heterocycles. The van der Waals surface area contributed by atoms with Crippen molar-refractivity contribution in [3.8, 4) is 0 Å². The summed E-state index contributed by atoms with van der Waals surface area (Å²) in [4.78, 5) is 42.8. The first-order chi connectivity index (χ1) is 13.8. The second-order valence-corrected chi connectivity index (χ2v) is 7.53. The van der Waals surface area contributed by atoms with Crippen LogP contribution in [0, 0.1) is 6.92 Å². The van der Waals surface area contributed by atoms with Crippen molar-refractivity contribution in [3.05, 3.63) is 58.1 Å². The van der Waals surface area contributed by atoms with Crippen LogP contribution in [0.5, 0.6) is 0 Å². The zero-order chi connectivity index (χ0) is 20.7. The average Bonchev–Trinajstić information content (AvgIpc) is 3.10. The van der Waals surface area contributed by atoms with E-state index in [2.05, 4.69) is 10.3 Å². The summed E-state index contributed by atoms with van der Waals surface area (Å²) in [7, 11) is 1.81. The van der Waals surface area contributed by atoms with Crippen molar-refractivity contribution in [1.82, 2.24) is 14.5 Å². The molecule has 0 bridgehead atoms. The molecule has 4 rings (SSSR count). The molecule has 0 spiro atoms. The van der Waals surface area contributed by atoms with Crippen LogP contribution in [-0.4, -0.2) is 38.7 Å². The zero-order valence-corrected chi connectivity index (χ0v) is 16.8. The van der Waals surface area contributed by atoms with Crippen LogP contribution in [0.2, 0.25) is 5.02 Å². The molecule has 0 saturated heterocycles. The Kier molecular flexibility index (Phi) is 4.84. The Balaban J connectivity index is 1.37. The lowest BCUT2D eigenvalue weighted by atomic mass is 10.1. The highest BCUT2D eigenvalue weighted by molar-refractivity contribution is 6.31. The first-order valence-electron chi connectivity index (χ1n) is 9.24. The number of benzene rings is 2. The molecular weight excluding hydrogens is 392 g/mol. The minimum atomic E-state index is -0.308. The third-order valence-corrected chi connectivity index (χ3v) is 5.24. The third-order valence-electron chi connectivity index (χ3n) is 5.01. The first-order valence-corrected chi connectivity index (χ1v) is 9.61. The van der Waals surface area contributed by atoms with Gasteiger partial charge in [0, 0.05) is 25.0 Å². The quantitative estimate of drug-likeness (QED) is 0.652. The summed E-state index contributed by atoms with van der Waals surface area (Å²) >= 11 is 5.99. The number of anilines is 1. The molecule has 0 radical (unpaired) electrons. The largest absolute Gasteiger partial charge is 0.313 e. The molecule has 8 heteroatoms. The van der Waals surface area contributed by atoms with Crippen LogP contribution in [0.4, 0.5) is 5.95 Å². The molecule has 1 aliphatic rings. The molecule has 2 aromatic carbocycles. The van der Waals surface area contributed by atoms with E-state index in [-0.39, 0.29) is 30.7 Å². The maximum Gasteiger partial charge on any atom is 0.261 e. The molecule has 1 aromatic heterocycles. The maximum absolute atomic E-state index is 12.5. The second-order valence-electron chi connectivity index (χ2n) is 7.09. The van der Waals surface area contributed by atoms with Gasteiger partial charge in [-0.1, -0.05) is 23.2 Å². The molecular formula is C21H19ClN4O3. The SMILES string of the molecule is Cc1ccc2c(c1)C(=O)N(CCCC(=O)Nc1nc3cc(Cl)ccc3n1C)C2=O. The monoisotopic (exact) mass is 410 g/mol. The number of hydrogen-bond donors (Lipinski definition) is 1. The van der Waals surface area contributed by atoms with Crippen LogP contribution in [0.3, 0.4) is 0 Å². The highest BCUT2D eigenvalue weighted by atomic mass is 35.5. The number of aromatic nitrogens is 2. The van der Waals surface area contributed by atoms with Crippen molar-refractivity contribution in [3.63, 3.8) is 0 Å². The number of nitrogens with one attached hydrogen (secondary N) is 1. The lowest BCUT2D eigenvalue weighted by Crippen LogP contribution is -2.31. The van der Waals surface area contributed by atoms with Crippen molar-refractivity contribution in [2.75, 3.05) is 11.9 Å². The Labute approximate surface area is 172 Å². The van der Waals surface area contributed by atoms with Gasteiger partial charge in [-0.2, -0.15) is 0 Å². The first kappa shape index (κ1) is 19.1. The fourth-order valence-corrected chi connectivity index (χ4v) is 3.64. The predicted molar refractivity (Wildman–Crippen MR) is 110 cm³/mol. The molecule has 0 unspecified atom stereocenters. The van der Waals surface area contributed by atoms with Gasteiger partial charge >= 0.3 is 0 Å². The number of imidazole rings is 1. The number of aryl methyl sites for hydroxylation is 2. The Morgan fingerprint density at radius 2 is 1.86 bits per heavy atom. The third kappa shape index (κ3) is 3.49. The van der Waals surface area contributed by atoms with Gasteiger partial charge in [-0.15, -0.1) is 0 Å². The lowest BCUT2D eigenvalue weighted by Gasteiger charge is -2.13. The van der Waals surface area contributed by atoms with Crippen LogP contribution >= 0.6 is 11.6 Å². The Hall–Kier alpha value is -3.19. The molecule has 7 nitrogen and oxygen atoms in total. The van der Waals surface area contributed by atoms with Crippen molar-refractivity contribution >= 4 is 46.3 Å². The summed E-state index contributed by atoms with van der Waals surface area (Å²) in [5, 5.41) is 3.35. The summed E-state index contributed by atoms with van der Waals surface area (Å²) in [6, 6.07) is 10.5. The molecule has 1 aliphatic heterocycles. The number of carbonyl (C=O) groups excluding carboxylic acids is 3. The molecule has 0 atom stereocenters. The van der Waals surface area contributed by atoms with E-state index in [4.69, 9.17) is 11.6 Å². The van der Waals surface area contributed by atoms with E-state index < -0.39 is 0 Å². The van der Waals surface area contributed by atoms with E-state index in [1.54, 1.807) is 35.9 Å². The van der Waals surface area contributed by atoms with E-state index in [1.165, 1.54) is 4.90 Å². The van der Waals surface area contributed by atoms with E-state index in [0.29, 0.717) is 34.0 Å². The fourth-order valence-electron chi connectivity index (χ4n) is 3.48. The highest BCUT2D eigenvalue weighted by Crippen LogP contribution is 2.25. The van der Waals surface area contributed by atoms with Gasteiger partial charge in [-0.3, -0.25) is 24.6 Å². The number of rotatable bonds is 5. The molecule has 148 valence electrons. The van der Waals surface area contributed by atoms with Crippen molar-refractivity contribution in [2.24, 2.45) is 7.05 Å². The fraction of sp³-hybridized carbons (Fsp3) is 0.238. The molecule has 0 saturated carbocycles. The van der Waals surface area contributed by atoms with Gasteiger partial charge in [0.05, 0.1) is 22.2 Å². The predicted octanol–water partition coefficient (Wildman–Crippen LogP) is 3.55. The average molecular weight is 411 g/mol. The van der Waals surface area contributed by atoms with E-state index in [1.807, 2.05) is 19.1 Å². The number of amides is 3. The van der Waals surface area contributed by atoms with Crippen molar-refractivity contribution in [1.29, 1.82) is 0 Å². The Bertz CT molecular complexity index is 1170. The highest BCUT2D eigenvalue weighted by Gasteiger charge is 2.34. The van der Waals surface area contributed by atoms with Crippen LogP contribution < -0.4 is 5.32 Å². The Morgan fingerprint density at radius 1 is 1.10 bits per heavy atom. The van der Waals surface area contributed by atoms with Crippen LogP contribution in [-0.2, 0) is 11.8 Å². The smallest absolute Gasteiger partial charge is 0.261 e. The molecule has 29 heavy (non-hydrogen) atoms. The van der Waals surface area contributed by atoms with Crippen molar-refractivity contribution < 1.29 is 14.4 Å². The number of nitrogens with zero attached hydrogens (tertiary/aromatic N) is 3. The Morgan fingerprint density at radius 3 is 2.66 bits per heavy atom. The van der Waals surface area contributed by atoms with E-state index in [0.717, 1.165) is 11.1 Å². The molecule has 0 fully saturated rings. The summed E-state index contributed by atoms with van der Waals surface area (Å²) in [5.74, 6) is -0.426. The van der Waals surface area contributed by atoms with Crippen molar-refractivity contribution in [2.45, 2.75) is 19.8 Å². The van der Waals surface area contributed by atoms with Gasteiger partial charge in [0.15, 0.2) is 0 Å². The standard InChI is InChI=1S/C21H19ClN4O3/c1-12-5-7-14-15(10-12)20(29)26(19(14)28)9-3-4-18(27)24-21-23-16-11-13(22)6-8-17(16)25(21)2/h5-8,10-11H,3-4,9H2,1-2H3,(H,23,24,27). The summed E-state index contributed by atoms with van der Waals surface area (Å²) < 4.78 is 1.77. The topological polar surface area (TPSA) is 84.3 Å². The number of hydrogen-bond acceptors (Lipinski definition) is 4. The van der Waals surface area contributed by atoms with E-state index in [9.17, 15) is 14.4 Å². The zero-order valence-electron chi connectivity index (χ0n) is 16.0. The summed E-state index contributed by atoms with van der Waals surface area (Å²) in [6.07, 6.45) is 0.530. The molecule has 1 N–H and O–H groups in total. The second kappa shape index (κ2) is 7.33. The van der Waals surface area contributed by atoms with Gasteiger partial charge in [-0.25, -0.2) is 4.98 Å². The van der Waals surface area contributed by atoms with Gasteiger partial charge in [0.2, 0.25) is 11.9 Å². The minimum absolute atomic E-state index is 0.163. The van der Waals surface area contributed by atoms with Crippen LogP contribution in [0.25, 0.3) is 11.0 Å². The number of imide groups is 1.